The van der Waals surface area contributed by atoms with Gasteiger partial charge in [-0.25, -0.2) is 0 Å². The van der Waals surface area contributed by atoms with E-state index in [0.29, 0.717) is 12.1 Å². The number of nitrogens with one attached hydrogen (secondary N) is 1. The van der Waals surface area contributed by atoms with Crippen molar-refractivity contribution in [3.05, 3.63) is 48.0 Å². The first kappa shape index (κ1) is 11.0. The summed E-state index contributed by atoms with van der Waals surface area (Å²) in [5, 5.41) is 3.45. The minimum Gasteiger partial charge on any atom is -0.304 e. The minimum absolute atomic E-state index is 0.353. The zero-order valence-corrected chi connectivity index (χ0v) is 9.25. The van der Waals surface area contributed by atoms with Crippen LogP contribution in [0.4, 0.5) is 0 Å². The highest BCUT2D eigenvalue weighted by Gasteiger charge is 2.05. The first-order valence-electron chi connectivity index (χ1n) is 5.08. The van der Waals surface area contributed by atoms with E-state index < -0.39 is 0 Å². The van der Waals surface area contributed by atoms with E-state index in [9.17, 15) is 0 Å². The molecule has 1 nitrogen and oxygen atoms in total. The molecule has 76 valence electrons. The number of rotatable bonds is 4. The minimum atomic E-state index is 0.353. The highest BCUT2D eigenvalue weighted by Crippen LogP contribution is 2.13. The highest BCUT2D eigenvalue weighted by atomic mass is 14.9. The van der Waals surface area contributed by atoms with Crippen LogP contribution in [0.3, 0.4) is 0 Å². The summed E-state index contributed by atoms with van der Waals surface area (Å²) < 4.78 is 0. The quantitative estimate of drug-likeness (QED) is 0.717. The van der Waals surface area contributed by atoms with Crippen LogP contribution in [0.15, 0.2) is 36.9 Å². The van der Waals surface area contributed by atoms with Crippen LogP contribution in [-0.2, 0) is 0 Å². The lowest BCUT2D eigenvalue weighted by molar-refractivity contribution is 0.537. The molecule has 0 aliphatic heterocycles. The van der Waals surface area contributed by atoms with Crippen molar-refractivity contribution < 1.29 is 0 Å². The standard InChI is InChI=1S/C13H19N/c1-5-11(3)14-12(4)13-8-6-10(2)7-9-13/h5-9,11-12,14H,1H2,2-4H3. The Labute approximate surface area is 86.8 Å². The molecule has 1 aromatic rings. The van der Waals surface area contributed by atoms with Crippen molar-refractivity contribution in [2.75, 3.05) is 0 Å². The molecule has 0 fully saturated rings. The van der Waals surface area contributed by atoms with E-state index in [0.717, 1.165) is 0 Å². The maximum atomic E-state index is 3.76. The Hall–Kier alpha value is -1.08. The predicted octanol–water partition coefficient (Wildman–Crippen LogP) is 3.22. The molecule has 14 heavy (non-hydrogen) atoms. The molecule has 1 N–H and O–H groups in total. The average Bonchev–Trinajstić information content (AvgIpc) is 2.18. The summed E-state index contributed by atoms with van der Waals surface area (Å²) in [7, 11) is 0. The zero-order valence-electron chi connectivity index (χ0n) is 9.25. The van der Waals surface area contributed by atoms with Crippen LogP contribution >= 0.6 is 0 Å². The lowest BCUT2D eigenvalue weighted by atomic mass is 10.1. The summed E-state index contributed by atoms with van der Waals surface area (Å²) in [5.74, 6) is 0. The van der Waals surface area contributed by atoms with Gasteiger partial charge in [0.15, 0.2) is 0 Å². The lowest BCUT2D eigenvalue weighted by Gasteiger charge is -2.17. The molecule has 0 bridgehead atoms. The first-order valence-corrected chi connectivity index (χ1v) is 5.08. The fourth-order valence-electron chi connectivity index (χ4n) is 1.41. The molecule has 0 radical (unpaired) electrons. The fourth-order valence-corrected chi connectivity index (χ4v) is 1.41. The van der Waals surface area contributed by atoms with Gasteiger partial charge in [-0.1, -0.05) is 35.9 Å². The second-order valence-corrected chi connectivity index (χ2v) is 3.82. The van der Waals surface area contributed by atoms with Crippen LogP contribution < -0.4 is 5.32 Å². The van der Waals surface area contributed by atoms with Gasteiger partial charge in [0, 0.05) is 12.1 Å². The van der Waals surface area contributed by atoms with E-state index in [2.05, 4.69) is 56.9 Å². The zero-order chi connectivity index (χ0) is 10.6. The van der Waals surface area contributed by atoms with Crippen LogP contribution in [0.5, 0.6) is 0 Å². The van der Waals surface area contributed by atoms with Gasteiger partial charge < -0.3 is 5.32 Å². The van der Waals surface area contributed by atoms with Crippen LogP contribution in [0.1, 0.15) is 31.0 Å². The number of hydrogen-bond donors (Lipinski definition) is 1. The Kier molecular flexibility index (Phi) is 3.90. The van der Waals surface area contributed by atoms with Crippen molar-refractivity contribution in [3.63, 3.8) is 0 Å². The summed E-state index contributed by atoms with van der Waals surface area (Å²) in [4.78, 5) is 0. The Bertz CT molecular complexity index is 287. The Balaban J connectivity index is 2.64. The van der Waals surface area contributed by atoms with Gasteiger partial charge >= 0.3 is 0 Å². The number of hydrogen-bond acceptors (Lipinski definition) is 1. The molecule has 0 saturated carbocycles. The molecule has 0 aliphatic rings. The summed E-state index contributed by atoms with van der Waals surface area (Å²) in [6.45, 7) is 10.1. The van der Waals surface area contributed by atoms with Gasteiger partial charge in [0.05, 0.1) is 0 Å². The van der Waals surface area contributed by atoms with Crippen molar-refractivity contribution in [1.29, 1.82) is 0 Å². The summed E-state index contributed by atoms with van der Waals surface area (Å²) in [6.07, 6.45) is 1.92. The monoisotopic (exact) mass is 189 g/mol. The van der Waals surface area contributed by atoms with Crippen LogP contribution in [0.25, 0.3) is 0 Å². The van der Waals surface area contributed by atoms with Gasteiger partial charge in [0.25, 0.3) is 0 Å². The van der Waals surface area contributed by atoms with E-state index in [1.807, 2.05) is 6.08 Å². The van der Waals surface area contributed by atoms with Crippen molar-refractivity contribution in [3.8, 4) is 0 Å². The third-order valence-electron chi connectivity index (χ3n) is 2.44. The molecule has 2 unspecified atom stereocenters. The normalized spacial score (nSPS) is 14.8. The average molecular weight is 189 g/mol. The molecule has 1 rings (SSSR count). The van der Waals surface area contributed by atoms with Crippen molar-refractivity contribution >= 4 is 0 Å². The van der Waals surface area contributed by atoms with E-state index in [-0.39, 0.29) is 0 Å². The Morgan fingerprint density at radius 1 is 1.21 bits per heavy atom. The smallest absolute Gasteiger partial charge is 0.0297 e. The predicted molar refractivity (Wildman–Crippen MR) is 62.4 cm³/mol. The van der Waals surface area contributed by atoms with Crippen LogP contribution in [0, 0.1) is 6.92 Å². The van der Waals surface area contributed by atoms with Gasteiger partial charge in [-0.05, 0) is 26.3 Å². The molecule has 1 aromatic carbocycles. The molecule has 0 amide bonds. The molecule has 0 heterocycles. The van der Waals surface area contributed by atoms with Gasteiger partial charge in [-0.3, -0.25) is 0 Å². The molecular formula is C13H19N. The highest BCUT2D eigenvalue weighted by molar-refractivity contribution is 5.23. The van der Waals surface area contributed by atoms with Gasteiger partial charge in [0.2, 0.25) is 0 Å². The summed E-state index contributed by atoms with van der Waals surface area (Å²) >= 11 is 0. The SMILES string of the molecule is C=CC(C)NC(C)c1ccc(C)cc1. The van der Waals surface area contributed by atoms with E-state index >= 15 is 0 Å². The van der Waals surface area contributed by atoms with Gasteiger partial charge in [-0.15, -0.1) is 6.58 Å². The molecule has 0 aliphatic carbocycles. The summed E-state index contributed by atoms with van der Waals surface area (Å²) in [6, 6.07) is 9.36. The van der Waals surface area contributed by atoms with Crippen molar-refractivity contribution in [2.24, 2.45) is 0 Å². The second-order valence-electron chi connectivity index (χ2n) is 3.82. The largest absolute Gasteiger partial charge is 0.304 e. The third kappa shape index (κ3) is 3.00. The van der Waals surface area contributed by atoms with Crippen molar-refractivity contribution in [1.82, 2.24) is 5.32 Å². The maximum Gasteiger partial charge on any atom is 0.0297 e. The molecule has 2 atom stereocenters. The number of aryl methyl sites for hydroxylation is 1. The van der Waals surface area contributed by atoms with E-state index in [1.54, 1.807) is 0 Å². The van der Waals surface area contributed by atoms with Crippen LogP contribution in [-0.4, -0.2) is 6.04 Å². The van der Waals surface area contributed by atoms with Gasteiger partial charge in [-0.2, -0.15) is 0 Å². The van der Waals surface area contributed by atoms with Gasteiger partial charge in [0.1, 0.15) is 0 Å². The van der Waals surface area contributed by atoms with Crippen molar-refractivity contribution in [2.45, 2.75) is 32.9 Å². The molecule has 1 heteroatoms. The van der Waals surface area contributed by atoms with Crippen LogP contribution in [0.2, 0.25) is 0 Å². The Morgan fingerprint density at radius 3 is 2.29 bits per heavy atom. The van der Waals surface area contributed by atoms with E-state index in [4.69, 9.17) is 0 Å². The molecule has 0 saturated heterocycles. The first-order chi connectivity index (χ1) is 6.63. The maximum absolute atomic E-state index is 3.76. The fraction of sp³-hybridized carbons (Fsp3) is 0.385. The summed E-state index contributed by atoms with van der Waals surface area (Å²) in [5.41, 5.74) is 2.63. The molecule has 0 aromatic heterocycles. The van der Waals surface area contributed by atoms with E-state index in [1.165, 1.54) is 11.1 Å². The Morgan fingerprint density at radius 2 is 1.79 bits per heavy atom. The second kappa shape index (κ2) is 4.97. The number of benzene rings is 1. The lowest BCUT2D eigenvalue weighted by Crippen LogP contribution is -2.26. The topological polar surface area (TPSA) is 12.0 Å². The molecule has 0 spiro atoms. The molecular weight excluding hydrogens is 170 g/mol. The third-order valence-corrected chi connectivity index (χ3v) is 2.44.